The molecule has 0 radical (unpaired) electrons. The van der Waals surface area contributed by atoms with Crippen LogP contribution in [0.15, 0.2) is 45.8 Å². The number of pyridine rings is 1. The first kappa shape index (κ1) is 22.2. The number of aromatic nitrogens is 3. The number of carboxylic acids is 1. The van der Waals surface area contributed by atoms with Crippen molar-refractivity contribution in [3.05, 3.63) is 68.4 Å². The van der Waals surface area contributed by atoms with Gasteiger partial charge >= 0.3 is 5.97 Å². The molecule has 1 aliphatic carbocycles. The van der Waals surface area contributed by atoms with Gasteiger partial charge in [-0.2, -0.15) is 0 Å². The molecule has 8 nitrogen and oxygen atoms in total. The summed E-state index contributed by atoms with van der Waals surface area (Å²) in [6, 6.07) is 9.01. The lowest BCUT2D eigenvalue weighted by Gasteiger charge is -2.36. The maximum Gasteiger partial charge on any atom is 0.341 e. The van der Waals surface area contributed by atoms with Crippen LogP contribution in [0.25, 0.3) is 21.9 Å². The molecule has 2 aliphatic rings. The first-order valence-electron chi connectivity index (χ1n) is 11.6. The Kier molecular flexibility index (Phi) is 5.37. The molecule has 35 heavy (non-hydrogen) atoms. The molecule has 0 atom stereocenters. The summed E-state index contributed by atoms with van der Waals surface area (Å²) >= 11 is 3.48. The molecule has 10 heteroatoms. The Labute approximate surface area is 208 Å². The minimum atomic E-state index is -1.29. The summed E-state index contributed by atoms with van der Waals surface area (Å²) in [5.41, 5.74) is 1.99. The number of carbonyl (C=O) groups is 1. The van der Waals surface area contributed by atoms with Gasteiger partial charge in [-0.1, -0.05) is 15.9 Å². The van der Waals surface area contributed by atoms with Gasteiger partial charge in [0.15, 0.2) is 0 Å². The first-order valence-corrected chi connectivity index (χ1v) is 12.4. The topological polar surface area (TPSA) is 94.5 Å². The molecule has 1 aliphatic heterocycles. The molecule has 0 bridgehead atoms. The maximum atomic E-state index is 15.2. The summed E-state index contributed by atoms with van der Waals surface area (Å²) in [7, 11) is 0. The van der Waals surface area contributed by atoms with Gasteiger partial charge < -0.3 is 19.6 Å². The Hall–Kier alpha value is -3.24. The summed E-state index contributed by atoms with van der Waals surface area (Å²) in [5.74, 6) is -0.897. The summed E-state index contributed by atoms with van der Waals surface area (Å²) in [6.07, 6.45) is 3.25. The van der Waals surface area contributed by atoms with Crippen molar-refractivity contribution in [1.29, 1.82) is 0 Å². The van der Waals surface area contributed by atoms with Crippen molar-refractivity contribution in [1.82, 2.24) is 19.4 Å². The van der Waals surface area contributed by atoms with Gasteiger partial charge in [0.05, 0.1) is 28.8 Å². The number of halogens is 2. The summed E-state index contributed by atoms with van der Waals surface area (Å²) < 4.78 is 18.0. The molecule has 4 aromatic rings. The molecule has 2 aromatic heterocycles. The van der Waals surface area contributed by atoms with Crippen LogP contribution in [0.1, 0.15) is 35.1 Å². The smallest absolute Gasteiger partial charge is 0.341 e. The molecule has 0 unspecified atom stereocenters. The van der Waals surface area contributed by atoms with Crippen LogP contribution in [-0.2, 0) is 6.54 Å². The van der Waals surface area contributed by atoms with Crippen LogP contribution in [-0.4, -0.2) is 56.7 Å². The van der Waals surface area contributed by atoms with Gasteiger partial charge in [0.2, 0.25) is 5.43 Å². The number of nitrogens with one attached hydrogen (secondary N) is 1. The Morgan fingerprint density at radius 3 is 2.66 bits per heavy atom. The number of benzene rings is 2. The second-order valence-electron chi connectivity index (χ2n) is 9.24. The monoisotopic (exact) mass is 539 g/mol. The Balaban J connectivity index is 1.24. The molecule has 2 fully saturated rings. The third kappa shape index (κ3) is 4.10. The fourth-order valence-corrected chi connectivity index (χ4v) is 5.24. The average Bonchev–Trinajstić information content (AvgIpc) is 3.60. The average molecular weight is 540 g/mol. The van der Waals surface area contributed by atoms with E-state index < -0.39 is 17.2 Å². The van der Waals surface area contributed by atoms with Crippen LogP contribution < -0.4 is 10.3 Å². The van der Waals surface area contributed by atoms with Gasteiger partial charge in [0.1, 0.15) is 17.2 Å². The van der Waals surface area contributed by atoms with Gasteiger partial charge in [-0.05, 0) is 43.2 Å². The number of imidazole rings is 1. The number of H-pyrrole nitrogens is 1. The highest BCUT2D eigenvalue weighted by Crippen LogP contribution is 2.38. The lowest BCUT2D eigenvalue weighted by atomic mass is 10.1. The predicted molar refractivity (Wildman–Crippen MR) is 135 cm³/mol. The normalized spacial score (nSPS) is 16.9. The number of aromatic amines is 1. The van der Waals surface area contributed by atoms with E-state index in [1.54, 1.807) is 6.07 Å². The highest BCUT2D eigenvalue weighted by atomic mass is 79.9. The van der Waals surface area contributed by atoms with Crippen LogP contribution >= 0.6 is 15.9 Å². The third-order valence-electron chi connectivity index (χ3n) is 6.85. The zero-order chi connectivity index (χ0) is 24.3. The van der Waals surface area contributed by atoms with Crippen LogP contribution in [0.2, 0.25) is 0 Å². The predicted octanol–water partition coefficient (Wildman–Crippen LogP) is 4.13. The fraction of sp³-hybridized carbons (Fsp3) is 0.320. The standard InChI is InChI=1S/C25H23BrFN5O3/c26-14-1-4-19-20(9-14)29-23(28-19)13-30-5-7-31(8-6-30)22-11-21-16(10-18(22)27)24(33)17(25(34)35)12-32(21)15-2-3-15/h1,4,9-12,15H,2-3,5-8,13H2,(H,28,29)(H,34,35). The summed E-state index contributed by atoms with van der Waals surface area (Å²) in [6.45, 7) is 3.43. The Morgan fingerprint density at radius 2 is 1.94 bits per heavy atom. The van der Waals surface area contributed by atoms with Crippen molar-refractivity contribution in [2.45, 2.75) is 25.4 Å². The molecule has 6 rings (SSSR count). The summed E-state index contributed by atoms with van der Waals surface area (Å²) in [5, 5.41) is 9.55. The van der Waals surface area contributed by atoms with E-state index in [-0.39, 0.29) is 17.0 Å². The number of piperazine rings is 1. The lowest BCUT2D eigenvalue weighted by Crippen LogP contribution is -2.46. The fourth-order valence-electron chi connectivity index (χ4n) is 4.88. The van der Waals surface area contributed by atoms with E-state index in [0.717, 1.165) is 47.3 Å². The molecule has 1 saturated carbocycles. The number of hydrogen-bond donors (Lipinski definition) is 2. The maximum absolute atomic E-state index is 15.2. The number of aromatic carboxylic acids is 1. The quantitative estimate of drug-likeness (QED) is 0.396. The minimum Gasteiger partial charge on any atom is -0.477 e. The molecule has 2 aromatic carbocycles. The van der Waals surface area contributed by atoms with Crippen LogP contribution in [0.3, 0.4) is 0 Å². The van der Waals surface area contributed by atoms with Gasteiger partial charge in [-0.25, -0.2) is 14.2 Å². The number of rotatable bonds is 5. The molecule has 0 spiro atoms. The van der Waals surface area contributed by atoms with Crippen molar-refractivity contribution >= 4 is 49.5 Å². The second kappa shape index (κ2) is 8.46. The van der Waals surface area contributed by atoms with E-state index in [2.05, 4.69) is 30.8 Å². The highest BCUT2D eigenvalue weighted by Gasteiger charge is 2.28. The number of nitrogens with zero attached hydrogens (tertiary/aromatic N) is 4. The summed E-state index contributed by atoms with van der Waals surface area (Å²) in [4.78, 5) is 36.6. The van der Waals surface area contributed by atoms with E-state index in [9.17, 15) is 14.7 Å². The van der Waals surface area contributed by atoms with Crippen molar-refractivity contribution in [3.63, 3.8) is 0 Å². The van der Waals surface area contributed by atoms with E-state index in [1.807, 2.05) is 27.7 Å². The lowest BCUT2D eigenvalue weighted by molar-refractivity contribution is 0.0695. The van der Waals surface area contributed by atoms with Gasteiger partial charge in [0.25, 0.3) is 0 Å². The van der Waals surface area contributed by atoms with Crippen molar-refractivity contribution in [2.24, 2.45) is 0 Å². The third-order valence-corrected chi connectivity index (χ3v) is 7.34. The van der Waals surface area contributed by atoms with Crippen molar-refractivity contribution in [2.75, 3.05) is 31.1 Å². The van der Waals surface area contributed by atoms with Crippen molar-refractivity contribution < 1.29 is 14.3 Å². The Bertz CT molecular complexity index is 1540. The largest absolute Gasteiger partial charge is 0.477 e. The minimum absolute atomic E-state index is 0.119. The van der Waals surface area contributed by atoms with Gasteiger partial charge in [-0.15, -0.1) is 0 Å². The van der Waals surface area contributed by atoms with Gasteiger partial charge in [0, 0.05) is 48.3 Å². The zero-order valence-electron chi connectivity index (χ0n) is 18.8. The molecule has 1 saturated heterocycles. The highest BCUT2D eigenvalue weighted by molar-refractivity contribution is 9.10. The number of hydrogen-bond acceptors (Lipinski definition) is 5. The second-order valence-corrected chi connectivity index (χ2v) is 10.2. The SMILES string of the molecule is O=C(O)c1cn(C2CC2)c2cc(N3CCN(Cc4nc5ccc(Br)cc5[nH]4)CC3)c(F)cc2c1=O. The molecule has 180 valence electrons. The van der Waals surface area contributed by atoms with Crippen LogP contribution in [0.4, 0.5) is 10.1 Å². The number of anilines is 1. The number of carboxylic acid groups (broad SMARTS) is 1. The van der Waals surface area contributed by atoms with Crippen LogP contribution in [0, 0.1) is 5.82 Å². The van der Waals surface area contributed by atoms with E-state index in [4.69, 9.17) is 0 Å². The van der Waals surface area contributed by atoms with E-state index >= 15 is 4.39 Å². The van der Waals surface area contributed by atoms with Gasteiger partial charge in [-0.3, -0.25) is 9.69 Å². The molecule has 2 N–H and O–H groups in total. The molecule has 0 amide bonds. The van der Waals surface area contributed by atoms with Crippen molar-refractivity contribution in [3.8, 4) is 0 Å². The first-order chi connectivity index (χ1) is 16.9. The number of fused-ring (bicyclic) bond motifs is 2. The molecular formula is C25H23BrFN5O3. The van der Waals surface area contributed by atoms with E-state index in [1.165, 1.54) is 12.3 Å². The van der Waals surface area contributed by atoms with Crippen LogP contribution in [0.5, 0.6) is 0 Å². The zero-order valence-corrected chi connectivity index (χ0v) is 20.4. The Morgan fingerprint density at radius 1 is 1.17 bits per heavy atom. The molecular weight excluding hydrogens is 517 g/mol. The molecule has 3 heterocycles. The van der Waals surface area contributed by atoms with E-state index in [0.29, 0.717) is 30.8 Å².